The molecule has 1 aromatic carbocycles. The third kappa shape index (κ3) is 6.39. The molecule has 0 aromatic heterocycles. The van der Waals surface area contributed by atoms with Crippen molar-refractivity contribution >= 4 is 24.0 Å². The lowest BCUT2D eigenvalue weighted by molar-refractivity contribution is -0.144. The van der Waals surface area contributed by atoms with Crippen LogP contribution in [0.15, 0.2) is 29.8 Å². The molecule has 0 saturated heterocycles. The van der Waals surface area contributed by atoms with E-state index >= 15 is 0 Å². The van der Waals surface area contributed by atoms with Crippen LogP contribution in [-0.4, -0.2) is 45.3 Å². The number of carbonyl (C=O) groups is 3. The van der Waals surface area contributed by atoms with E-state index in [0.29, 0.717) is 11.3 Å². The highest BCUT2D eigenvalue weighted by Gasteiger charge is 2.20. The van der Waals surface area contributed by atoms with Gasteiger partial charge in [0.05, 0.1) is 20.8 Å². The molecular weight excluding hydrogens is 328 g/mol. The van der Waals surface area contributed by atoms with Gasteiger partial charge in [0.25, 0.3) is 0 Å². The van der Waals surface area contributed by atoms with E-state index in [2.05, 4.69) is 26.1 Å². The van der Waals surface area contributed by atoms with Crippen molar-refractivity contribution in [3.8, 4) is 17.6 Å². The molecule has 0 radical (unpaired) electrons. The highest BCUT2D eigenvalue weighted by Crippen LogP contribution is 2.21. The van der Waals surface area contributed by atoms with E-state index in [1.54, 1.807) is 31.2 Å². The summed E-state index contributed by atoms with van der Waals surface area (Å²) in [5.74, 6) is 2.85. The molecule has 7 heteroatoms. The first-order chi connectivity index (χ1) is 12.0. The van der Waals surface area contributed by atoms with Crippen LogP contribution >= 0.6 is 0 Å². The monoisotopic (exact) mass is 346 g/mol. The van der Waals surface area contributed by atoms with Gasteiger partial charge >= 0.3 is 17.9 Å². The summed E-state index contributed by atoms with van der Waals surface area (Å²) in [7, 11) is 2.32. The van der Waals surface area contributed by atoms with Crippen LogP contribution in [0.3, 0.4) is 0 Å². The number of ether oxygens (including phenoxy) is 4. The van der Waals surface area contributed by atoms with Crippen molar-refractivity contribution in [2.75, 3.05) is 27.4 Å². The Morgan fingerprint density at radius 2 is 1.72 bits per heavy atom. The van der Waals surface area contributed by atoms with Gasteiger partial charge in [0.15, 0.2) is 0 Å². The Morgan fingerprint density at radius 3 is 2.32 bits per heavy atom. The molecule has 7 nitrogen and oxygen atoms in total. The number of benzene rings is 1. The SMILES string of the molecule is CCOC(=O)C#CCOc1ccccc1C=C(C(=O)OC)C(=O)OC. The number of hydrogen-bond donors (Lipinski definition) is 0. The topological polar surface area (TPSA) is 88.1 Å². The zero-order chi connectivity index (χ0) is 18.7. The third-order valence-corrected chi connectivity index (χ3v) is 2.80. The first-order valence-corrected chi connectivity index (χ1v) is 7.29. The number of hydrogen-bond acceptors (Lipinski definition) is 7. The molecule has 1 rings (SSSR count). The van der Waals surface area contributed by atoms with Crippen LogP contribution in [0.4, 0.5) is 0 Å². The molecule has 0 bridgehead atoms. The smallest absolute Gasteiger partial charge is 0.384 e. The van der Waals surface area contributed by atoms with Crippen molar-refractivity contribution in [3.63, 3.8) is 0 Å². The molecule has 0 amide bonds. The van der Waals surface area contributed by atoms with E-state index in [1.165, 1.54) is 6.08 Å². The lowest BCUT2D eigenvalue weighted by Gasteiger charge is -2.08. The van der Waals surface area contributed by atoms with Gasteiger partial charge in [0.2, 0.25) is 0 Å². The molecule has 25 heavy (non-hydrogen) atoms. The summed E-state index contributed by atoms with van der Waals surface area (Å²) in [5, 5.41) is 0. The third-order valence-electron chi connectivity index (χ3n) is 2.80. The van der Waals surface area contributed by atoms with Crippen LogP contribution < -0.4 is 4.74 Å². The molecular formula is C18H18O7. The summed E-state index contributed by atoms with van der Waals surface area (Å²) in [6, 6.07) is 6.68. The largest absolute Gasteiger partial charge is 0.480 e. The number of carbonyl (C=O) groups excluding carboxylic acids is 3. The predicted octanol–water partition coefficient (Wildman–Crippen LogP) is 1.36. The fourth-order valence-corrected chi connectivity index (χ4v) is 1.70. The van der Waals surface area contributed by atoms with Gasteiger partial charge < -0.3 is 18.9 Å². The Morgan fingerprint density at radius 1 is 1.08 bits per heavy atom. The Bertz CT molecular complexity index is 704. The van der Waals surface area contributed by atoms with Crippen LogP contribution in [0, 0.1) is 11.8 Å². The number of para-hydroxylation sites is 1. The van der Waals surface area contributed by atoms with E-state index in [4.69, 9.17) is 4.74 Å². The van der Waals surface area contributed by atoms with Crippen LogP contribution in [0.25, 0.3) is 6.08 Å². The lowest BCUT2D eigenvalue weighted by atomic mass is 10.1. The average molecular weight is 346 g/mol. The average Bonchev–Trinajstić information content (AvgIpc) is 2.63. The standard InChI is InChI=1S/C18H18O7/c1-4-24-16(19)10-7-11-25-15-9-6-5-8-13(15)12-14(17(20)22-2)18(21)23-3/h5-6,8-9,12H,4,11H2,1-3H3. The molecule has 0 saturated carbocycles. The van der Waals surface area contributed by atoms with E-state index in [9.17, 15) is 14.4 Å². The maximum Gasteiger partial charge on any atom is 0.384 e. The first-order valence-electron chi connectivity index (χ1n) is 7.29. The Balaban J connectivity index is 2.98. The highest BCUT2D eigenvalue weighted by molar-refractivity contribution is 6.17. The molecule has 0 fully saturated rings. The van der Waals surface area contributed by atoms with Gasteiger partial charge in [-0.25, -0.2) is 14.4 Å². The fraction of sp³-hybridized carbons (Fsp3) is 0.278. The molecule has 0 unspecified atom stereocenters. The number of methoxy groups -OCH3 is 2. The van der Waals surface area contributed by atoms with Crippen LogP contribution in [-0.2, 0) is 28.6 Å². The predicted molar refractivity (Wildman–Crippen MR) is 88.4 cm³/mol. The van der Waals surface area contributed by atoms with Gasteiger partial charge in [-0.3, -0.25) is 0 Å². The zero-order valence-electron chi connectivity index (χ0n) is 14.2. The Labute approximate surface area is 145 Å². The second-order valence-corrected chi connectivity index (χ2v) is 4.39. The van der Waals surface area contributed by atoms with Gasteiger partial charge in [-0.1, -0.05) is 18.2 Å². The Kier molecular flexibility index (Phi) is 8.30. The zero-order valence-corrected chi connectivity index (χ0v) is 14.2. The minimum atomic E-state index is -0.830. The molecule has 1 aromatic rings. The molecule has 0 spiro atoms. The van der Waals surface area contributed by atoms with E-state index in [1.807, 2.05) is 0 Å². The summed E-state index contributed by atoms with van der Waals surface area (Å²) in [5.41, 5.74) is 0.171. The Hall–Kier alpha value is -3.27. The summed E-state index contributed by atoms with van der Waals surface area (Å²) >= 11 is 0. The van der Waals surface area contributed by atoms with Crippen molar-refractivity contribution in [1.82, 2.24) is 0 Å². The quantitative estimate of drug-likeness (QED) is 0.146. The minimum absolute atomic E-state index is 0.0740. The van der Waals surface area contributed by atoms with Gasteiger partial charge in [0.1, 0.15) is 17.9 Å². The molecule has 0 N–H and O–H groups in total. The highest BCUT2D eigenvalue weighted by atomic mass is 16.5. The van der Waals surface area contributed by atoms with Crippen LogP contribution in [0.1, 0.15) is 12.5 Å². The molecule has 0 aliphatic carbocycles. The van der Waals surface area contributed by atoms with E-state index < -0.39 is 17.9 Å². The van der Waals surface area contributed by atoms with Gasteiger partial charge in [-0.05, 0) is 25.0 Å². The van der Waals surface area contributed by atoms with Gasteiger partial charge in [-0.2, -0.15) is 0 Å². The molecule has 0 aliphatic rings. The second kappa shape index (κ2) is 10.5. The summed E-state index contributed by atoms with van der Waals surface area (Å²) < 4.78 is 19.3. The van der Waals surface area contributed by atoms with Gasteiger partial charge in [-0.15, -0.1) is 0 Å². The second-order valence-electron chi connectivity index (χ2n) is 4.39. The number of rotatable bonds is 6. The number of esters is 3. The summed E-state index contributed by atoms with van der Waals surface area (Å²) in [4.78, 5) is 34.6. The lowest BCUT2D eigenvalue weighted by Crippen LogP contribution is -2.15. The van der Waals surface area contributed by atoms with Gasteiger partial charge in [0, 0.05) is 11.5 Å². The van der Waals surface area contributed by atoms with Crippen molar-refractivity contribution in [1.29, 1.82) is 0 Å². The molecule has 132 valence electrons. The normalized spacial score (nSPS) is 9.08. The molecule has 0 atom stereocenters. The summed E-state index contributed by atoms with van der Waals surface area (Å²) in [6.07, 6.45) is 1.30. The van der Waals surface area contributed by atoms with Crippen LogP contribution in [0.5, 0.6) is 5.75 Å². The van der Waals surface area contributed by atoms with Crippen molar-refractivity contribution in [3.05, 3.63) is 35.4 Å². The molecule has 0 aliphatic heterocycles. The minimum Gasteiger partial charge on any atom is -0.480 e. The van der Waals surface area contributed by atoms with Crippen molar-refractivity contribution in [2.24, 2.45) is 0 Å². The van der Waals surface area contributed by atoms with Crippen LogP contribution in [0.2, 0.25) is 0 Å². The fourth-order valence-electron chi connectivity index (χ4n) is 1.70. The maximum absolute atomic E-state index is 11.7. The van der Waals surface area contributed by atoms with E-state index in [-0.39, 0.29) is 18.8 Å². The summed E-state index contributed by atoms with van der Waals surface area (Å²) in [6.45, 7) is 1.85. The maximum atomic E-state index is 11.7. The van der Waals surface area contributed by atoms with Crippen molar-refractivity contribution < 1.29 is 33.3 Å². The van der Waals surface area contributed by atoms with E-state index in [0.717, 1.165) is 14.2 Å². The first kappa shape index (κ1) is 19.8. The van der Waals surface area contributed by atoms with Crippen molar-refractivity contribution in [2.45, 2.75) is 6.92 Å². The molecule has 0 heterocycles.